The largest absolute Gasteiger partial charge is 0.496 e. The lowest BCUT2D eigenvalue weighted by atomic mass is 9.47. The molecule has 1 amide bonds. The second-order valence-corrected chi connectivity index (χ2v) is 9.43. The van der Waals surface area contributed by atoms with Gasteiger partial charge >= 0.3 is 5.97 Å². The van der Waals surface area contributed by atoms with Crippen molar-refractivity contribution in [3.8, 4) is 5.75 Å². The standard InChI is InChI=1S/C23H31NO5/c1-28-19-5-3-2-4-18(19)6-7-24-20(25)14-29-21(26)13-22-9-16-8-17(10-22)12-23(27,11-16)15-22/h2-5,16-17,27H,6-15H2,1H3,(H,24,25)/t16-,17+,22?,23?. The molecule has 4 bridgehead atoms. The number of methoxy groups -OCH3 is 1. The van der Waals surface area contributed by atoms with Crippen LogP contribution in [-0.2, 0) is 20.7 Å². The summed E-state index contributed by atoms with van der Waals surface area (Å²) in [7, 11) is 1.62. The van der Waals surface area contributed by atoms with Crippen LogP contribution in [0.1, 0.15) is 50.5 Å². The highest BCUT2D eigenvalue weighted by Gasteiger charge is 2.57. The summed E-state index contributed by atoms with van der Waals surface area (Å²) in [5, 5.41) is 13.6. The van der Waals surface area contributed by atoms with Gasteiger partial charge in [0.1, 0.15) is 5.75 Å². The van der Waals surface area contributed by atoms with Gasteiger partial charge in [-0.1, -0.05) is 18.2 Å². The predicted molar refractivity (Wildman–Crippen MR) is 107 cm³/mol. The lowest BCUT2D eigenvalue weighted by Crippen LogP contribution is -2.56. The van der Waals surface area contributed by atoms with Gasteiger partial charge in [-0.25, -0.2) is 0 Å². The van der Waals surface area contributed by atoms with E-state index in [4.69, 9.17) is 9.47 Å². The number of benzene rings is 1. The van der Waals surface area contributed by atoms with Crippen molar-refractivity contribution in [2.24, 2.45) is 17.3 Å². The quantitative estimate of drug-likeness (QED) is 0.654. The first kappa shape index (κ1) is 20.2. The minimum Gasteiger partial charge on any atom is -0.496 e. The van der Waals surface area contributed by atoms with Crippen molar-refractivity contribution in [1.82, 2.24) is 5.32 Å². The van der Waals surface area contributed by atoms with Gasteiger partial charge in [-0.05, 0) is 73.8 Å². The lowest BCUT2D eigenvalue weighted by molar-refractivity contribution is -0.177. The summed E-state index contributed by atoms with van der Waals surface area (Å²) in [6.07, 6.45) is 6.63. The first-order chi connectivity index (χ1) is 13.9. The molecule has 1 aromatic rings. The molecule has 4 atom stereocenters. The van der Waals surface area contributed by atoms with E-state index in [9.17, 15) is 14.7 Å². The summed E-state index contributed by atoms with van der Waals surface area (Å²) in [6.45, 7) is 0.203. The first-order valence-corrected chi connectivity index (χ1v) is 10.7. The number of rotatable bonds is 8. The SMILES string of the molecule is COc1ccccc1CCNC(=O)COC(=O)CC12C[C@@H]3C[C@@H](CC(O)(C3)C1)C2. The number of hydrogen-bond donors (Lipinski definition) is 2. The summed E-state index contributed by atoms with van der Waals surface area (Å²) in [5.74, 6) is 1.25. The van der Waals surface area contributed by atoms with Crippen molar-refractivity contribution in [3.05, 3.63) is 29.8 Å². The number of carbonyl (C=O) groups excluding carboxylic acids is 2. The van der Waals surface area contributed by atoms with Gasteiger partial charge in [-0.2, -0.15) is 0 Å². The molecule has 4 aliphatic carbocycles. The van der Waals surface area contributed by atoms with Crippen LogP contribution in [0.25, 0.3) is 0 Å². The molecular formula is C23H31NO5. The third-order valence-corrected chi connectivity index (χ3v) is 6.94. The van der Waals surface area contributed by atoms with Crippen molar-refractivity contribution >= 4 is 11.9 Å². The van der Waals surface area contributed by atoms with Crippen molar-refractivity contribution in [2.45, 2.75) is 57.0 Å². The number of amides is 1. The maximum absolute atomic E-state index is 12.4. The zero-order chi connectivity index (χ0) is 20.5. The van der Waals surface area contributed by atoms with Crippen LogP contribution in [0.4, 0.5) is 0 Å². The number of para-hydroxylation sites is 1. The van der Waals surface area contributed by atoms with Crippen LogP contribution in [-0.4, -0.2) is 42.8 Å². The van der Waals surface area contributed by atoms with Crippen LogP contribution >= 0.6 is 0 Å². The molecule has 5 rings (SSSR count). The van der Waals surface area contributed by atoms with E-state index in [-0.39, 0.29) is 23.9 Å². The maximum atomic E-state index is 12.4. The van der Waals surface area contributed by atoms with Crippen LogP contribution in [0.2, 0.25) is 0 Å². The van der Waals surface area contributed by atoms with E-state index in [1.807, 2.05) is 24.3 Å². The molecule has 2 unspecified atom stereocenters. The van der Waals surface area contributed by atoms with Gasteiger partial charge in [0.05, 0.1) is 19.1 Å². The molecule has 6 nitrogen and oxygen atoms in total. The topological polar surface area (TPSA) is 84.9 Å². The Morgan fingerprint density at radius 2 is 1.90 bits per heavy atom. The fourth-order valence-electron chi connectivity index (χ4n) is 6.41. The summed E-state index contributed by atoms with van der Waals surface area (Å²) >= 11 is 0. The summed E-state index contributed by atoms with van der Waals surface area (Å²) in [5.41, 5.74) is 0.309. The second kappa shape index (κ2) is 7.98. The van der Waals surface area contributed by atoms with E-state index < -0.39 is 5.60 Å². The molecule has 4 saturated carbocycles. The van der Waals surface area contributed by atoms with Crippen LogP contribution in [0.3, 0.4) is 0 Å². The highest BCUT2D eigenvalue weighted by Crippen LogP contribution is 2.62. The Bertz CT molecular complexity index is 762. The molecule has 0 radical (unpaired) electrons. The Kier molecular flexibility index (Phi) is 5.56. The van der Waals surface area contributed by atoms with Gasteiger partial charge in [0.15, 0.2) is 6.61 Å². The smallest absolute Gasteiger partial charge is 0.306 e. The summed E-state index contributed by atoms with van der Waals surface area (Å²) < 4.78 is 10.6. The van der Waals surface area contributed by atoms with E-state index in [1.165, 1.54) is 6.42 Å². The number of esters is 1. The number of carbonyl (C=O) groups is 2. The van der Waals surface area contributed by atoms with Crippen LogP contribution in [0.5, 0.6) is 5.75 Å². The van der Waals surface area contributed by atoms with Crippen molar-refractivity contribution in [3.63, 3.8) is 0 Å². The molecule has 29 heavy (non-hydrogen) atoms. The lowest BCUT2D eigenvalue weighted by Gasteiger charge is -2.60. The monoisotopic (exact) mass is 401 g/mol. The number of ether oxygens (including phenoxy) is 2. The number of aliphatic hydroxyl groups is 1. The molecule has 0 aliphatic heterocycles. The van der Waals surface area contributed by atoms with E-state index >= 15 is 0 Å². The molecule has 1 aromatic carbocycles. The van der Waals surface area contributed by atoms with Crippen molar-refractivity contribution in [2.75, 3.05) is 20.3 Å². The average molecular weight is 402 g/mol. The summed E-state index contributed by atoms with van der Waals surface area (Å²) in [6, 6.07) is 7.69. The molecule has 0 saturated heterocycles. The Balaban J connectivity index is 1.20. The molecule has 0 aromatic heterocycles. The first-order valence-electron chi connectivity index (χ1n) is 10.7. The van der Waals surface area contributed by atoms with Crippen LogP contribution in [0.15, 0.2) is 24.3 Å². The minimum atomic E-state index is -0.583. The molecular weight excluding hydrogens is 370 g/mol. The van der Waals surface area contributed by atoms with Gasteiger partial charge < -0.3 is 19.9 Å². The van der Waals surface area contributed by atoms with E-state index in [1.54, 1.807) is 7.11 Å². The predicted octanol–water partition coefficient (Wildman–Crippen LogP) is 2.62. The maximum Gasteiger partial charge on any atom is 0.306 e. The average Bonchev–Trinajstić information content (AvgIpc) is 2.64. The summed E-state index contributed by atoms with van der Waals surface area (Å²) in [4.78, 5) is 24.5. The highest BCUT2D eigenvalue weighted by molar-refractivity contribution is 5.80. The Labute approximate surface area is 172 Å². The third kappa shape index (κ3) is 4.58. The Morgan fingerprint density at radius 3 is 2.59 bits per heavy atom. The van der Waals surface area contributed by atoms with Gasteiger partial charge in [-0.15, -0.1) is 0 Å². The van der Waals surface area contributed by atoms with E-state index in [2.05, 4.69) is 5.32 Å². The second-order valence-electron chi connectivity index (χ2n) is 9.43. The van der Waals surface area contributed by atoms with Gasteiger partial charge in [0, 0.05) is 6.54 Å². The molecule has 6 heteroatoms. The zero-order valence-corrected chi connectivity index (χ0v) is 17.1. The van der Waals surface area contributed by atoms with Gasteiger partial charge in [-0.3, -0.25) is 9.59 Å². The van der Waals surface area contributed by atoms with Crippen molar-refractivity contribution in [1.29, 1.82) is 0 Å². The Morgan fingerprint density at radius 1 is 1.17 bits per heavy atom. The molecule has 0 heterocycles. The fourth-order valence-corrected chi connectivity index (χ4v) is 6.41. The molecule has 4 aliphatic rings. The van der Waals surface area contributed by atoms with Gasteiger partial charge in [0.25, 0.3) is 5.91 Å². The normalized spacial score (nSPS) is 32.1. The minimum absolute atomic E-state index is 0.129. The van der Waals surface area contributed by atoms with Crippen LogP contribution in [0, 0.1) is 17.3 Å². The fraction of sp³-hybridized carbons (Fsp3) is 0.652. The molecule has 0 spiro atoms. The highest BCUT2D eigenvalue weighted by atomic mass is 16.5. The van der Waals surface area contributed by atoms with Crippen LogP contribution < -0.4 is 10.1 Å². The Hall–Kier alpha value is -2.08. The number of nitrogens with one attached hydrogen (secondary N) is 1. The van der Waals surface area contributed by atoms with E-state index in [0.717, 1.165) is 37.0 Å². The molecule has 4 fully saturated rings. The molecule has 158 valence electrons. The zero-order valence-electron chi connectivity index (χ0n) is 17.1. The van der Waals surface area contributed by atoms with Gasteiger partial charge in [0.2, 0.25) is 0 Å². The third-order valence-electron chi connectivity index (χ3n) is 6.94. The van der Waals surface area contributed by atoms with Crippen molar-refractivity contribution < 1.29 is 24.2 Å². The molecule has 2 N–H and O–H groups in total. The number of hydrogen-bond acceptors (Lipinski definition) is 5. The van der Waals surface area contributed by atoms with E-state index in [0.29, 0.717) is 37.6 Å².